The summed E-state index contributed by atoms with van der Waals surface area (Å²) in [5.74, 6) is 2.71. The predicted octanol–water partition coefficient (Wildman–Crippen LogP) is 2.10. The third-order valence-electron chi connectivity index (χ3n) is 5.50. The molecule has 4 fully saturated rings. The number of carbonyl (C=O) groups excluding carboxylic acids is 2. The van der Waals surface area contributed by atoms with Crippen molar-refractivity contribution in [2.45, 2.75) is 32.1 Å². The second-order valence-electron chi connectivity index (χ2n) is 6.42. The van der Waals surface area contributed by atoms with E-state index in [-0.39, 0.29) is 5.41 Å². The van der Waals surface area contributed by atoms with Gasteiger partial charge in [-0.1, -0.05) is 0 Å². The molecule has 4 aliphatic carbocycles. The van der Waals surface area contributed by atoms with Crippen LogP contribution in [0.15, 0.2) is 9.98 Å². The van der Waals surface area contributed by atoms with Crippen molar-refractivity contribution in [3.8, 4) is 0 Å². The van der Waals surface area contributed by atoms with Crippen LogP contribution in [0.25, 0.3) is 0 Å². The van der Waals surface area contributed by atoms with Crippen molar-refractivity contribution in [2.75, 3.05) is 13.1 Å². The lowest BCUT2D eigenvalue weighted by atomic mass is 9.45. The Morgan fingerprint density at radius 2 is 1.67 bits per heavy atom. The fourth-order valence-electron chi connectivity index (χ4n) is 5.23. The van der Waals surface area contributed by atoms with Gasteiger partial charge in [0.2, 0.25) is 12.2 Å². The average molecular weight is 246 g/mol. The van der Waals surface area contributed by atoms with Gasteiger partial charge < -0.3 is 0 Å². The quantitative estimate of drug-likeness (QED) is 0.563. The van der Waals surface area contributed by atoms with Gasteiger partial charge in [0.25, 0.3) is 0 Å². The summed E-state index contributed by atoms with van der Waals surface area (Å²) in [4.78, 5) is 28.5. The van der Waals surface area contributed by atoms with Crippen LogP contribution in [0, 0.1) is 29.1 Å². The van der Waals surface area contributed by atoms with E-state index in [9.17, 15) is 9.59 Å². The molecule has 4 heteroatoms. The highest BCUT2D eigenvalue weighted by Gasteiger charge is 2.56. The van der Waals surface area contributed by atoms with Gasteiger partial charge in [-0.15, -0.1) is 0 Å². The monoisotopic (exact) mass is 246 g/mol. The van der Waals surface area contributed by atoms with Crippen molar-refractivity contribution in [3.05, 3.63) is 0 Å². The van der Waals surface area contributed by atoms with Crippen LogP contribution in [-0.4, -0.2) is 25.2 Å². The summed E-state index contributed by atoms with van der Waals surface area (Å²) in [6, 6.07) is 0. The second-order valence-corrected chi connectivity index (χ2v) is 6.42. The van der Waals surface area contributed by atoms with Crippen molar-refractivity contribution in [1.29, 1.82) is 0 Å². The maximum absolute atomic E-state index is 10.4. The molecule has 3 atom stereocenters. The van der Waals surface area contributed by atoms with E-state index in [0.717, 1.165) is 24.7 Å². The Hall–Kier alpha value is -1.24. The van der Waals surface area contributed by atoms with Crippen LogP contribution in [0.5, 0.6) is 0 Å². The Balaban J connectivity index is 1.89. The minimum Gasteiger partial charge on any atom is -0.211 e. The summed E-state index contributed by atoms with van der Waals surface area (Å²) >= 11 is 0. The first-order valence-corrected chi connectivity index (χ1v) is 6.84. The van der Waals surface area contributed by atoms with E-state index in [1.807, 2.05) is 0 Å². The lowest BCUT2D eigenvalue weighted by Crippen LogP contribution is -2.55. The van der Waals surface area contributed by atoms with Crippen molar-refractivity contribution < 1.29 is 9.59 Å². The molecule has 4 bridgehead atoms. The maximum Gasteiger partial charge on any atom is 0.234 e. The van der Waals surface area contributed by atoms with Crippen LogP contribution in [0.3, 0.4) is 0 Å². The van der Waals surface area contributed by atoms with Gasteiger partial charge in [-0.05, 0) is 61.2 Å². The molecule has 4 rings (SSSR count). The summed E-state index contributed by atoms with van der Waals surface area (Å²) in [7, 11) is 0. The van der Waals surface area contributed by atoms with Gasteiger partial charge in [0.1, 0.15) is 0 Å². The van der Waals surface area contributed by atoms with Crippen LogP contribution < -0.4 is 0 Å². The molecule has 0 amide bonds. The third-order valence-corrected chi connectivity index (χ3v) is 5.50. The molecule has 0 heterocycles. The Bertz CT molecular complexity index is 421. The fraction of sp³-hybridized carbons (Fsp3) is 0.857. The highest BCUT2D eigenvalue weighted by molar-refractivity contribution is 5.34. The minimum atomic E-state index is 0.118. The van der Waals surface area contributed by atoms with Crippen LogP contribution >= 0.6 is 0 Å². The Morgan fingerprint density at radius 3 is 2.28 bits per heavy atom. The Kier molecular flexibility index (Phi) is 2.93. The van der Waals surface area contributed by atoms with E-state index in [0.29, 0.717) is 24.9 Å². The summed E-state index contributed by atoms with van der Waals surface area (Å²) < 4.78 is 0. The molecule has 0 aromatic rings. The van der Waals surface area contributed by atoms with Gasteiger partial charge >= 0.3 is 0 Å². The van der Waals surface area contributed by atoms with Crippen LogP contribution in [0.1, 0.15) is 32.1 Å². The lowest BCUT2D eigenvalue weighted by Gasteiger charge is -2.60. The van der Waals surface area contributed by atoms with Crippen LogP contribution in [0.4, 0.5) is 0 Å². The molecule has 0 spiro atoms. The zero-order chi connectivity index (χ0) is 12.6. The number of isocyanates is 2. The highest BCUT2D eigenvalue weighted by Crippen LogP contribution is 2.62. The summed E-state index contributed by atoms with van der Waals surface area (Å²) in [5, 5.41) is 0. The van der Waals surface area contributed by atoms with Gasteiger partial charge in [-0.3, -0.25) is 0 Å². The van der Waals surface area contributed by atoms with Gasteiger partial charge in [-0.25, -0.2) is 19.6 Å². The number of rotatable bonds is 4. The molecule has 4 saturated carbocycles. The molecule has 4 nitrogen and oxygen atoms in total. The molecule has 0 N–H and O–H groups in total. The van der Waals surface area contributed by atoms with E-state index >= 15 is 0 Å². The van der Waals surface area contributed by atoms with Crippen LogP contribution in [-0.2, 0) is 9.59 Å². The van der Waals surface area contributed by atoms with E-state index in [1.165, 1.54) is 19.3 Å². The topological polar surface area (TPSA) is 58.9 Å². The van der Waals surface area contributed by atoms with E-state index in [2.05, 4.69) is 9.98 Å². The normalized spacial score (nSPS) is 44.2. The highest BCUT2D eigenvalue weighted by atomic mass is 16.1. The number of hydrogen-bond acceptors (Lipinski definition) is 4. The summed E-state index contributed by atoms with van der Waals surface area (Å²) in [5.41, 5.74) is 0.118. The molecule has 0 aromatic heterocycles. The maximum atomic E-state index is 10.4. The molecule has 3 unspecified atom stereocenters. The smallest absolute Gasteiger partial charge is 0.211 e. The van der Waals surface area contributed by atoms with Gasteiger partial charge in [-0.2, -0.15) is 0 Å². The third kappa shape index (κ3) is 1.77. The second kappa shape index (κ2) is 4.46. The number of aliphatic imine (C=N–C) groups is 2. The summed E-state index contributed by atoms with van der Waals surface area (Å²) in [6.45, 7) is 1.15. The fourth-order valence-corrected chi connectivity index (χ4v) is 5.23. The molecule has 4 aliphatic rings. The lowest BCUT2D eigenvalue weighted by molar-refractivity contribution is -0.0989. The molecule has 0 aromatic carbocycles. The van der Waals surface area contributed by atoms with Crippen molar-refractivity contribution in [1.82, 2.24) is 0 Å². The van der Waals surface area contributed by atoms with Crippen LogP contribution in [0.2, 0.25) is 0 Å². The largest absolute Gasteiger partial charge is 0.234 e. The van der Waals surface area contributed by atoms with E-state index in [1.54, 1.807) is 12.2 Å². The number of hydrogen-bond donors (Lipinski definition) is 0. The zero-order valence-electron chi connectivity index (χ0n) is 10.5. The SMILES string of the molecule is O=C=NCC1C2CC3CC(C2)CC1(CN=C=O)C3. The molecule has 0 aliphatic heterocycles. The average Bonchev–Trinajstić information content (AvgIpc) is 2.35. The standard InChI is InChI=1S/C14H18N2O2/c17-8-15-6-13-12-2-10-1-11(3-12)5-14(13,4-10)7-16-9-18/h10-13H,1-7H2. The van der Waals surface area contributed by atoms with E-state index < -0.39 is 0 Å². The minimum absolute atomic E-state index is 0.118. The van der Waals surface area contributed by atoms with Gasteiger partial charge in [0, 0.05) is 0 Å². The van der Waals surface area contributed by atoms with Crippen molar-refractivity contribution in [2.24, 2.45) is 39.1 Å². The summed E-state index contributed by atoms with van der Waals surface area (Å²) in [6.07, 6.45) is 9.58. The molecule has 96 valence electrons. The molecular formula is C14H18N2O2. The molecular weight excluding hydrogens is 228 g/mol. The van der Waals surface area contributed by atoms with Crippen molar-refractivity contribution in [3.63, 3.8) is 0 Å². The molecule has 0 saturated heterocycles. The number of nitrogens with zero attached hydrogens (tertiary/aromatic N) is 2. The Morgan fingerprint density at radius 1 is 1.00 bits per heavy atom. The van der Waals surface area contributed by atoms with E-state index in [4.69, 9.17) is 0 Å². The molecule has 18 heavy (non-hydrogen) atoms. The zero-order valence-corrected chi connectivity index (χ0v) is 10.5. The van der Waals surface area contributed by atoms with Crippen molar-refractivity contribution >= 4 is 12.2 Å². The predicted molar refractivity (Wildman–Crippen MR) is 65.5 cm³/mol. The molecule has 0 radical (unpaired) electrons. The van der Waals surface area contributed by atoms with Gasteiger partial charge in [0.05, 0.1) is 13.1 Å². The van der Waals surface area contributed by atoms with Gasteiger partial charge in [0.15, 0.2) is 0 Å². The first kappa shape index (κ1) is 11.8. The Labute approximate surface area is 107 Å². The first-order chi connectivity index (χ1) is 8.77. The first-order valence-electron chi connectivity index (χ1n) is 6.84.